The topological polar surface area (TPSA) is 87.2 Å². The summed E-state index contributed by atoms with van der Waals surface area (Å²) in [4.78, 5) is 29.6. The molecule has 11 aromatic rings. The van der Waals surface area contributed by atoms with E-state index in [1.807, 2.05) is 48.5 Å². The van der Waals surface area contributed by atoms with Crippen LogP contribution in [0.2, 0.25) is 0 Å². The van der Waals surface area contributed by atoms with Crippen LogP contribution in [0.3, 0.4) is 0 Å². The fourth-order valence-electron chi connectivity index (χ4n) is 7.01. The molecular weight excluding hydrogens is 681 g/mol. The second kappa shape index (κ2) is 11.5. The largest absolute Gasteiger partial charge is 0.290 e. The van der Waals surface area contributed by atoms with Gasteiger partial charge >= 0.3 is 0 Å². The fourth-order valence-corrected chi connectivity index (χ4v) is 8.94. The molecule has 0 aliphatic rings. The molecule has 244 valence electrons. The third kappa shape index (κ3) is 4.58. The first-order chi connectivity index (χ1) is 25.7. The maximum Gasteiger partial charge on any atom is 0.238 e. The molecule has 0 amide bonds. The van der Waals surface area contributed by atoms with Gasteiger partial charge in [0.15, 0.2) is 5.82 Å². The SMILES string of the molecule is c1ccc(-n2c(-c3ncnc(-n4c5ccc(-c6nc7ccccc7s6)cc5c5cc(-c6nc7ccccc7s6)ccc54)n3)nc3ccccc32)cc1. The molecule has 5 heterocycles. The quantitative estimate of drug-likeness (QED) is 0.177. The molecule has 0 aliphatic carbocycles. The molecule has 6 aromatic carbocycles. The second-order valence-electron chi connectivity index (χ2n) is 12.5. The predicted molar refractivity (Wildman–Crippen MR) is 211 cm³/mol. The molecule has 0 unspecified atom stereocenters. The van der Waals surface area contributed by atoms with Crippen molar-refractivity contribution in [2.45, 2.75) is 0 Å². The third-order valence-electron chi connectivity index (χ3n) is 9.38. The van der Waals surface area contributed by atoms with E-state index in [1.54, 1.807) is 29.0 Å². The lowest BCUT2D eigenvalue weighted by Crippen LogP contribution is -2.06. The van der Waals surface area contributed by atoms with Crippen LogP contribution in [0.1, 0.15) is 0 Å². The normalized spacial score (nSPS) is 11.8. The molecule has 0 N–H and O–H groups in total. The molecule has 8 nitrogen and oxygen atoms in total. The molecule has 0 spiro atoms. The molecule has 0 aliphatic heterocycles. The Kier molecular flexibility index (Phi) is 6.42. The van der Waals surface area contributed by atoms with Crippen LogP contribution in [-0.4, -0.2) is 39.0 Å². The maximum atomic E-state index is 5.12. The van der Waals surface area contributed by atoms with Crippen LogP contribution < -0.4 is 0 Å². The molecule has 5 aromatic heterocycles. The number of aromatic nitrogens is 8. The minimum atomic E-state index is 0.484. The smallest absolute Gasteiger partial charge is 0.238 e. The number of rotatable bonds is 5. The minimum absolute atomic E-state index is 0.484. The van der Waals surface area contributed by atoms with Crippen LogP contribution in [0, 0.1) is 0 Å². The molecule has 0 saturated carbocycles. The summed E-state index contributed by atoms with van der Waals surface area (Å²) in [6, 6.07) is 47.9. The number of hydrogen-bond donors (Lipinski definition) is 0. The molecule has 0 fully saturated rings. The van der Waals surface area contributed by atoms with Crippen molar-refractivity contribution < 1.29 is 0 Å². The van der Waals surface area contributed by atoms with E-state index in [4.69, 9.17) is 24.9 Å². The van der Waals surface area contributed by atoms with Crippen LogP contribution in [0.15, 0.2) is 146 Å². The van der Waals surface area contributed by atoms with Gasteiger partial charge in [-0.3, -0.25) is 9.13 Å². The van der Waals surface area contributed by atoms with E-state index in [0.717, 1.165) is 80.1 Å². The van der Waals surface area contributed by atoms with Crippen molar-refractivity contribution in [2.24, 2.45) is 0 Å². The van der Waals surface area contributed by atoms with E-state index in [9.17, 15) is 0 Å². The average Bonchev–Trinajstić information content (AvgIpc) is 3.99. The lowest BCUT2D eigenvalue weighted by molar-refractivity contribution is 0.928. The van der Waals surface area contributed by atoms with Crippen molar-refractivity contribution in [2.75, 3.05) is 0 Å². The summed E-state index contributed by atoms with van der Waals surface area (Å²) in [6.07, 6.45) is 1.58. The van der Waals surface area contributed by atoms with Crippen molar-refractivity contribution in [1.82, 2.24) is 39.0 Å². The van der Waals surface area contributed by atoms with Crippen molar-refractivity contribution in [1.29, 1.82) is 0 Å². The first-order valence-electron chi connectivity index (χ1n) is 16.8. The number of para-hydroxylation sites is 5. The number of benzene rings is 6. The van der Waals surface area contributed by atoms with Crippen molar-refractivity contribution in [3.8, 4) is 44.4 Å². The Bertz CT molecular complexity index is 2960. The highest BCUT2D eigenvalue weighted by Crippen LogP contribution is 2.39. The van der Waals surface area contributed by atoms with E-state index < -0.39 is 0 Å². The summed E-state index contributed by atoms with van der Waals surface area (Å²) in [5, 5.41) is 4.11. The molecule has 11 rings (SSSR count). The van der Waals surface area contributed by atoms with Gasteiger partial charge in [0, 0.05) is 27.6 Å². The van der Waals surface area contributed by atoms with Gasteiger partial charge in [-0.25, -0.2) is 24.9 Å². The van der Waals surface area contributed by atoms with E-state index in [0.29, 0.717) is 17.6 Å². The molecule has 52 heavy (non-hydrogen) atoms. The Morgan fingerprint density at radius 2 is 1.02 bits per heavy atom. The van der Waals surface area contributed by atoms with E-state index in [1.165, 1.54) is 0 Å². The summed E-state index contributed by atoms with van der Waals surface area (Å²) in [7, 11) is 0. The zero-order valence-corrected chi connectivity index (χ0v) is 28.9. The lowest BCUT2D eigenvalue weighted by atomic mass is 10.1. The molecule has 10 heteroatoms. The lowest BCUT2D eigenvalue weighted by Gasteiger charge is -2.10. The van der Waals surface area contributed by atoms with Crippen LogP contribution >= 0.6 is 22.7 Å². The number of nitrogens with zero attached hydrogens (tertiary/aromatic N) is 8. The number of fused-ring (bicyclic) bond motifs is 6. The van der Waals surface area contributed by atoms with Gasteiger partial charge in [-0.15, -0.1) is 22.7 Å². The zero-order chi connectivity index (χ0) is 34.2. The van der Waals surface area contributed by atoms with Crippen LogP contribution in [0.4, 0.5) is 0 Å². The highest BCUT2D eigenvalue weighted by Gasteiger charge is 2.21. The molecule has 0 saturated heterocycles. The standard InChI is InChI=1S/C42H24N8S2/c1-2-10-27(11-3-1)49-35-15-7-4-12-30(35)45-39(49)38-43-24-44-42(48-38)50-33-20-18-25(40-46-31-13-5-8-16-36(31)51-40)22-28(33)29-23-26(19-21-34(29)50)41-47-32-14-6-9-17-37(32)52-41/h1-24H. The van der Waals surface area contributed by atoms with Gasteiger partial charge in [0.25, 0.3) is 0 Å². The number of thiazole rings is 2. The van der Waals surface area contributed by atoms with Crippen molar-refractivity contribution in [3.05, 3.63) is 146 Å². The van der Waals surface area contributed by atoms with Crippen LogP contribution in [0.25, 0.3) is 97.7 Å². The van der Waals surface area contributed by atoms with Crippen LogP contribution in [-0.2, 0) is 0 Å². The van der Waals surface area contributed by atoms with Crippen LogP contribution in [0.5, 0.6) is 0 Å². The van der Waals surface area contributed by atoms with E-state index in [-0.39, 0.29) is 0 Å². The summed E-state index contributed by atoms with van der Waals surface area (Å²) < 4.78 is 6.56. The highest BCUT2D eigenvalue weighted by atomic mass is 32.1. The highest BCUT2D eigenvalue weighted by molar-refractivity contribution is 7.22. The predicted octanol–water partition coefficient (Wildman–Crippen LogP) is 10.5. The maximum absolute atomic E-state index is 5.12. The Labute approximate surface area is 304 Å². The molecule has 0 atom stereocenters. The molecule has 0 radical (unpaired) electrons. The number of imidazole rings is 1. The summed E-state index contributed by atoms with van der Waals surface area (Å²) in [6.45, 7) is 0. The number of hydrogen-bond acceptors (Lipinski definition) is 8. The van der Waals surface area contributed by atoms with Crippen molar-refractivity contribution in [3.63, 3.8) is 0 Å². The van der Waals surface area contributed by atoms with E-state index in [2.05, 4.69) is 105 Å². The van der Waals surface area contributed by atoms with E-state index >= 15 is 0 Å². The zero-order valence-electron chi connectivity index (χ0n) is 27.3. The first kappa shape index (κ1) is 29.1. The summed E-state index contributed by atoms with van der Waals surface area (Å²) >= 11 is 3.40. The van der Waals surface area contributed by atoms with Gasteiger partial charge in [0.05, 0.1) is 42.5 Å². The fraction of sp³-hybridized carbons (Fsp3) is 0. The second-order valence-corrected chi connectivity index (χ2v) is 14.5. The van der Waals surface area contributed by atoms with Gasteiger partial charge in [-0.2, -0.15) is 4.98 Å². The van der Waals surface area contributed by atoms with Gasteiger partial charge < -0.3 is 0 Å². The van der Waals surface area contributed by atoms with Gasteiger partial charge in [-0.05, 0) is 84.9 Å². The minimum Gasteiger partial charge on any atom is -0.290 e. The summed E-state index contributed by atoms with van der Waals surface area (Å²) in [5.41, 5.74) is 8.92. The Hall–Kier alpha value is -6.62. The van der Waals surface area contributed by atoms with Gasteiger partial charge in [0.2, 0.25) is 11.8 Å². The van der Waals surface area contributed by atoms with Gasteiger partial charge in [-0.1, -0.05) is 54.6 Å². The Balaban J connectivity index is 1.13. The monoisotopic (exact) mass is 704 g/mol. The first-order valence-corrected chi connectivity index (χ1v) is 18.4. The summed E-state index contributed by atoms with van der Waals surface area (Å²) in [5.74, 6) is 1.64. The Morgan fingerprint density at radius 3 is 1.65 bits per heavy atom. The third-order valence-corrected chi connectivity index (χ3v) is 11.6. The molecular formula is C42H24N8S2. The van der Waals surface area contributed by atoms with Gasteiger partial charge in [0.1, 0.15) is 16.3 Å². The average molecular weight is 705 g/mol. The van der Waals surface area contributed by atoms with Crippen molar-refractivity contribution >= 4 is 75.9 Å². The Morgan fingerprint density at radius 1 is 0.442 bits per heavy atom. The molecule has 0 bridgehead atoms.